The average molecular weight is 218 g/mol. The summed E-state index contributed by atoms with van der Waals surface area (Å²) in [4.78, 5) is 2.58. The van der Waals surface area contributed by atoms with Crippen molar-refractivity contribution in [2.45, 2.75) is 32.9 Å². The molecule has 88 valence electrons. The van der Waals surface area contributed by atoms with Crippen LogP contribution in [0, 0.1) is 6.92 Å². The predicted octanol–water partition coefficient (Wildman–Crippen LogP) is 2.18. The highest BCUT2D eigenvalue weighted by molar-refractivity contribution is 5.22. The number of aryl methyl sites for hydroxylation is 1. The molecule has 1 saturated heterocycles. The SMILES string of the molecule is CCN(Cc1cccc(C)c1)C1CCNC1. The van der Waals surface area contributed by atoms with E-state index in [1.54, 1.807) is 0 Å². The van der Waals surface area contributed by atoms with Crippen LogP contribution in [-0.4, -0.2) is 30.6 Å². The lowest BCUT2D eigenvalue weighted by molar-refractivity contribution is 0.210. The van der Waals surface area contributed by atoms with Crippen molar-refractivity contribution < 1.29 is 0 Å². The monoisotopic (exact) mass is 218 g/mol. The third-order valence-corrected chi connectivity index (χ3v) is 3.43. The van der Waals surface area contributed by atoms with Crippen LogP contribution in [0.3, 0.4) is 0 Å². The lowest BCUT2D eigenvalue weighted by Crippen LogP contribution is -2.36. The fourth-order valence-corrected chi connectivity index (χ4v) is 2.50. The molecular formula is C14H22N2. The lowest BCUT2D eigenvalue weighted by Gasteiger charge is -2.27. The molecule has 0 aliphatic carbocycles. The van der Waals surface area contributed by atoms with Gasteiger partial charge in [0.2, 0.25) is 0 Å². The van der Waals surface area contributed by atoms with Crippen LogP contribution in [0.5, 0.6) is 0 Å². The highest BCUT2D eigenvalue weighted by atomic mass is 15.2. The fraction of sp³-hybridized carbons (Fsp3) is 0.571. The van der Waals surface area contributed by atoms with Gasteiger partial charge >= 0.3 is 0 Å². The van der Waals surface area contributed by atoms with Crippen LogP contribution in [0.25, 0.3) is 0 Å². The Morgan fingerprint density at radius 1 is 1.44 bits per heavy atom. The first-order chi connectivity index (χ1) is 7.79. The number of rotatable bonds is 4. The molecule has 1 aliphatic heterocycles. The van der Waals surface area contributed by atoms with Gasteiger partial charge in [0, 0.05) is 19.1 Å². The molecule has 1 atom stereocenters. The second-order valence-corrected chi connectivity index (χ2v) is 4.70. The first-order valence-electron chi connectivity index (χ1n) is 6.30. The Labute approximate surface area is 98.7 Å². The summed E-state index contributed by atoms with van der Waals surface area (Å²) in [6.07, 6.45) is 1.29. The zero-order valence-electron chi connectivity index (χ0n) is 10.4. The molecular weight excluding hydrogens is 196 g/mol. The number of likely N-dealkylation sites (N-methyl/N-ethyl adjacent to an activating group) is 1. The first kappa shape index (κ1) is 11.6. The van der Waals surface area contributed by atoms with E-state index in [4.69, 9.17) is 0 Å². The molecule has 0 saturated carbocycles. The summed E-state index contributed by atoms with van der Waals surface area (Å²) >= 11 is 0. The van der Waals surface area contributed by atoms with Crippen molar-refractivity contribution in [3.05, 3.63) is 35.4 Å². The fourth-order valence-electron chi connectivity index (χ4n) is 2.50. The predicted molar refractivity (Wildman–Crippen MR) is 68.5 cm³/mol. The van der Waals surface area contributed by atoms with Gasteiger partial charge in [0.1, 0.15) is 0 Å². The molecule has 1 heterocycles. The zero-order chi connectivity index (χ0) is 11.4. The van der Waals surface area contributed by atoms with E-state index < -0.39 is 0 Å². The van der Waals surface area contributed by atoms with E-state index >= 15 is 0 Å². The Hall–Kier alpha value is -0.860. The first-order valence-corrected chi connectivity index (χ1v) is 6.30. The maximum absolute atomic E-state index is 3.44. The minimum Gasteiger partial charge on any atom is -0.315 e. The number of hydrogen-bond donors (Lipinski definition) is 1. The largest absolute Gasteiger partial charge is 0.315 e. The van der Waals surface area contributed by atoms with Crippen LogP contribution < -0.4 is 5.32 Å². The summed E-state index contributed by atoms with van der Waals surface area (Å²) in [5, 5.41) is 3.44. The smallest absolute Gasteiger partial charge is 0.0237 e. The molecule has 0 amide bonds. The van der Waals surface area contributed by atoms with Crippen LogP contribution in [0.4, 0.5) is 0 Å². The third kappa shape index (κ3) is 2.83. The number of nitrogens with one attached hydrogen (secondary N) is 1. The van der Waals surface area contributed by atoms with Crippen molar-refractivity contribution in [1.82, 2.24) is 10.2 Å². The maximum Gasteiger partial charge on any atom is 0.0237 e. The maximum atomic E-state index is 3.44. The Morgan fingerprint density at radius 3 is 2.94 bits per heavy atom. The van der Waals surface area contributed by atoms with Gasteiger partial charge in [-0.2, -0.15) is 0 Å². The Bertz CT molecular complexity index is 329. The van der Waals surface area contributed by atoms with Gasteiger partial charge in [-0.1, -0.05) is 36.8 Å². The van der Waals surface area contributed by atoms with Crippen molar-refractivity contribution in [2.24, 2.45) is 0 Å². The molecule has 2 nitrogen and oxygen atoms in total. The van der Waals surface area contributed by atoms with Gasteiger partial charge in [0.15, 0.2) is 0 Å². The van der Waals surface area contributed by atoms with E-state index in [1.165, 1.54) is 24.1 Å². The molecule has 1 unspecified atom stereocenters. The summed E-state index contributed by atoms with van der Waals surface area (Å²) in [5.41, 5.74) is 2.80. The average Bonchev–Trinajstić information content (AvgIpc) is 2.79. The molecule has 1 fully saturated rings. The van der Waals surface area contributed by atoms with Crippen molar-refractivity contribution in [3.63, 3.8) is 0 Å². The molecule has 2 heteroatoms. The zero-order valence-corrected chi connectivity index (χ0v) is 10.4. The van der Waals surface area contributed by atoms with Gasteiger partial charge in [-0.05, 0) is 32.0 Å². The van der Waals surface area contributed by atoms with Crippen molar-refractivity contribution in [3.8, 4) is 0 Å². The topological polar surface area (TPSA) is 15.3 Å². The highest BCUT2D eigenvalue weighted by Gasteiger charge is 2.20. The van der Waals surface area contributed by atoms with Crippen molar-refractivity contribution >= 4 is 0 Å². The minimum atomic E-state index is 0.727. The summed E-state index contributed by atoms with van der Waals surface area (Å²) < 4.78 is 0. The second kappa shape index (κ2) is 5.46. The second-order valence-electron chi connectivity index (χ2n) is 4.70. The number of hydrogen-bond acceptors (Lipinski definition) is 2. The van der Waals surface area contributed by atoms with Crippen LogP contribution in [0.1, 0.15) is 24.5 Å². The molecule has 1 aliphatic rings. The molecule has 1 N–H and O–H groups in total. The molecule has 2 rings (SSSR count). The van der Waals surface area contributed by atoms with Gasteiger partial charge in [-0.15, -0.1) is 0 Å². The molecule has 1 aromatic rings. The number of nitrogens with zero attached hydrogens (tertiary/aromatic N) is 1. The number of benzene rings is 1. The third-order valence-electron chi connectivity index (χ3n) is 3.43. The van der Waals surface area contributed by atoms with Gasteiger partial charge in [-0.25, -0.2) is 0 Å². The van der Waals surface area contributed by atoms with Crippen LogP contribution in [-0.2, 0) is 6.54 Å². The van der Waals surface area contributed by atoms with E-state index in [2.05, 4.69) is 48.3 Å². The molecule has 16 heavy (non-hydrogen) atoms. The van der Waals surface area contributed by atoms with Gasteiger partial charge in [-0.3, -0.25) is 4.90 Å². The van der Waals surface area contributed by atoms with Gasteiger partial charge < -0.3 is 5.32 Å². The Kier molecular flexibility index (Phi) is 3.97. The molecule has 0 bridgehead atoms. The summed E-state index contributed by atoms with van der Waals surface area (Å²) in [6, 6.07) is 9.58. The standard InChI is InChI=1S/C14H22N2/c1-3-16(14-7-8-15-10-14)11-13-6-4-5-12(2)9-13/h4-6,9,14-15H,3,7-8,10-11H2,1-2H3. The quantitative estimate of drug-likeness (QED) is 0.833. The molecule has 0 radical (unpaired) electrons. The van der Waals surface area contributed by atoms with Crippen LogP contribution in [0.2, 0.25) is 0 Å². The summed E-state index contributed by atoms with van der Waals surface area (Å²) in [6.45, 7) is 8.98. The summed E-state index contributed by atoms with van der Waals surface area (Å²) in [7, 11) is 0. The Balaban J connectivity index is 2.00. The lowest BCUT2D eigenvalue weighted by atomic mass is 10.1. The normalized spacial score (nSPS) is 20.6. The molecule has 0 spiro atoms. The van der Waals surface area contributed by atoms with Gasteiger partial charge in [0.05, 0.1) is 0 Å². The summed E-state index contributed by atoms with van der Waals surface area (Å²) in [5.74, 6) is 0. The Morgan fingerprint density at radius 2 is 2.31 bits per heavy atom. The van der Waals surface area contributed by atoms with E-state index in [-0.39, 0.29) is 0 Å². The van der Waals surface area contributed by atoms with Crippen LogP contribution in [0.15, 0.2) is 24.3 Å². The molecule has 0 aromatic heterocycles. The molecule has 1 aromatic carbocycles. The van der Waals surface area contributed by atoms with Gasteiger partial charge in [0.25, 0.3) is 0 Å². The van der Waals surface area contributed by atoms with E-state index in [0.29, 0.717) is 0 Å². The van der Waals surface area contributed by atoms with E-state index in [0.717, 1.165) is 25.7 Å². The van der Waals surface area contributed by atoms with E-state index in [9.17, 15) is 0 Å². The highest BCUT2D eigenvalue weighted by Crippen LogP contribution is 2.13. The van der Waals surface area contributed by atoms with Crippen LogP contribution >= 0.6 is 0 Å². The minimum absolute atomic E-state index is 0.727. The van der Waals surface area contributed by atoms with E-state index in [1.807, 2.05) is 0 Å². The van der Waals surface area contributed by atoms with Crippen molar-refractivity contribution in [1.29, 1.82) is 0 Å². The van der Waals surface area contributed by atoms with Crippen molar-refractivity contribution in [2.75, 3.05) is 19.6 Å².